The van der Waals surface area contributed by atoms with E-state index in [0.29, 0.717) is 28.6 Å². The van der Waals surface area contributed by atoms with Gasteiger partial charge < -0.3 is 14.8 Å². The van der Waals surface area contributed by atoms with Gasteiger partial charge in [0.1, 0.15) is 17.2 Å². The second-order valence-corrected chi connectivity index (χ2v) is 6.17. The van der Waals surface area contributed by atoms with Crippen LogP contribution in [0, 0.1) is 0 Å². The smallest absolute Gasteiger partial charge is 0.273 e. The number of aromatic nitrogens is 4. The Kier molecular flexibility index (Phi) is 4.44. The largest absolute Gasteiger partial charge is 0.497 e. The number of rotatable bonds is 5. The van der Waals surface area contributed by atoms with E-state index in [1.54, 1.807) is 55.0 Å². The van der Waals surface area contributed by atoms with Crippen LogP contribution in [0.1, 0.15) is 10.5 Å². The molecule has 0 unspecified atom stereocenters. The summed E-state index contributed by atoms with van der Waals surface area (Å²) < 4.78 is 14.0. The van der Waals surface area contributed by atoms with Gasteiger partial charge in [-0.2, -0.15) is 10.2 Å². The van der Waals surface area contributed by atoms with Gasteiger partial charge in [0.15, 0.2) is 0 Å². The molecular weight excluding hydrogens is 358 g/mol. The van der Waals surface area contributed by atoms with Crippen molar-refractivity contribution in [2.24, 2.45) is 7.05 Å². The maximum Gasteiger partial charge on any atom is 0.273 e. The van der Waals surface area contributed by atoms with Crippen molar-refractivity contribution < 1.29 is 14.3 Å². The number of ether oxygens (including phenoxy) is 2. The van der Waals surface area contributed by atoms with Crippen LogP contribution in [0.2, 0.25) is 0 Å². The number of pyridine rings is 1. The number of hydrogen-bond donors (Lipinski definition) is 1. The van der Waals surface area contributed by atoms with Crippen LogP contribution in [0.4, 0.5) is 5.69 Å². The molecule has 1 amide bonds. The fraction of sp³-hybridized carbons (Fsp3) is 0.150. The highest BCUT2D eigenvalue weighted by Crippen LogP contribution is 2.33. The molecule has 0 aliphatic rings. The number of methoxy groups -OCH3 is 2. The van der Waals surface area contributed by atoms with E-state index in [1.807, 2.05) is 30.3 Å². The van der Waals surface area contributed by atoms with E-state index in [9.17, 15) is 4.79 Å². The van der Waals surface area contributed by atoms with Crippen molar-refractivity contribution in [3.63, 3.8) is 0 Å². The first-order valence-corrected chi connectivity index (χ1v) is 8.60. The summed E-state index contributed by atoms with van der Waals surface area (Å²) >= 11 is 0. The number of nitrogens with zero attached hydrogens (tertiary/aromatic N) is 4. The summed E-state index contributed by atoms with van der Waals surface area (Å²) in [6.07, 6.45) is 3.50. The van der Waals surface area contributed by atoms with E-state index in [-0.39, 0.29) is 5.91 Å². The molecular formula is C20H19N5O3. The molecule has 8 nitrogen and oxygen atoms in total. The molecule has 1 aromatic carbocycles. The Labute approximate surface area is 161 Å². The van der Waals surface area contributed by atoms with Crippen molar-refractivity contribution in [1.29, 1.82) is 0 Å². The van der Waals surface area contributed by atoms with E-state index in [0.717, 1.165) is 11.1 Å². The summed E-state index contributed by atoms with van der Waals surface area (Å²) in [5, 5.41) is 11.5. The Morgan fingerprint density at radius 2 is 1.93 bits per heavy atom. The molecule has 0 saturated carbocycles. The van der Waals surface area contributed by atoms with Gasteiger partial charge in [0.05, 0.1) is 25.4 Å². The summed E-state index contributed by atoms with van der Waals surface area (Å²) in [7, 11) is 4.92. The van der Waals surface area contributed by atoms with Crippen LogP contribution < -0.4 is 14.8 Å². The maximum absolute atomic E-state index is 12.8. The van der Waals surface area contributed by atoms with E-state index in [2.05, 4.69) is 15.5 Å². The number of nitrogens with one attached hydrogen (secondary N) is 1. The summed E-state index contributed by atoms with van der Waals surface area (Å²) in [6, 6.07) is 12.7. The van der Waals surface area contributed by atoms with E-state index in [4.69, 9.17) is 9.47 Å². The van der Waals surface area contributed by atoms with Crippen molar-refractivity contribution in [3.05, 3.63) is 60.6 Å². The molecule has 0 radical (unpaired) electrons. The third-order valence-corrected chi connectivity index (χ3v) is 4.45. The van der Waals surface area contributed by atoms with Gasteiger partial charge in [0.2, 0.25) is 0 Å². The lowest BCUT2D eigenvalue weighted by atomic mass is 10.1. The van der Waals surface area contributed by atoms with Crippen LogP contribution in [0.15, 0.2) is 54.9 Å². The highest BCUT2D eigenvalue weighted by molar-refractivity contribution is 6.04. The summed E-state index contributed by atoms with van der Waals surface area (Å²) in [6.45, 7) is 0. The molecule has 0 aliphatic heterocycles. The number of carbonyl (C=O) groups is 1. The monoisotopic (exact) mass is 377 g/mol. The van der Waals surface area contributed by atoms with Crippen molar-refractivity contribution in [3.8, 4) is 22.8 Å². The van der Waals surface area contributed by atoms with E-state index < -0.39 is 0 Å². The number of fused-ring (bicyclic) bond motifs is 1. The van der Waals surface area contributed by atoms with Crippen LogP contribution in [0.25, 0.3) is 16.8 Å². The van der Waals surface area contributed by atoms with Gasteiger partial charge in [0.25, 0.3) is 5.91 Å². The Morgan fingerprint density at radius 1 is 1.07 bits per heavy atom. The number of hydrogen-bond acceptors (Lipinski definition) is 5. The fourth-order valence-electron chi connectivity index (χ4n) is 3.02. The van der Waals surface area contributed by atoms with Crippen molar-refractivity contribution >= 4 is 17.1 Å². The lowest BCUT2D eigenvalue weighted by molar-refractivity contribution is 0.101. The van der Waals surface area contributed by atoms with Crippen LogP contribution >= 0.6 is 0 Å². The van der Waals surface area contributed by atoms with E-state index in [1.165, 1.54) is 0 Å². The zero-order valence-electron chi connectivity index (χ0n) is 15.7. The summed E-state index contributed by atoms with van der Waals surface area (Å²) in [5.41, 5.74) is 3.37. The average molecular weight is 377 g/mol. The topological polar surface area (TPSA) is 82.7 Å². The first-order valence-electron chi connectivity index (χ1n) is 8.60. The average Bonchev–Trinajstić information content (AvgIpc) is 3.33. The Morgan fingerprint density at radius 3 is 2.71 bits per heavy atom. The zero-order valence-corrected chi connectivity index (χ0v) is 15.7. The summed E-state index contributed by atoms with van der Waals surface area (Å²) in [5.74, 6) is 1.07. The molecule has 0 fully saturated rings. The van der Waals surface area contributed by atoms with Gasteiger partial charge in [0, 0.05) is 30.7 Å². The first-order chi connectivity index (χ1) is 13.6. The van der Waals surface area contributed by atoms with Crippen LogP contribution in [-0.4, -0.2) is 39.5 Å². The molecule has 28 heavy (non-hydrogen) atoms. The molecule has 3 aromatic heterocycles. The molecule has 8 heteroatoms. The molecule has 0 atom stereocenters. The van der Waals surface area contributed by atoms with Gasteiger partial charge in [-0.3, -0.25) is 9.48 Å². The second-order valence-electron chi connectivity index (χ2n) is 6.17. The molecule has 3 heterocycles. The molecule has 0 bridgehead atoms. The highest BCUT2D eigenvalue weighted by atomic mass is 16.5. The SMILES string of the molecule is COc1ccc(OC)c(-c2cc(C(=O)Nc3ccn4nccc4c3)n(C)n2)c1. The predicted molar refractivity (Wildman–Crippen MR) is 105 cm³/mol. The van der Waals surface area contributed by atoms with Gasteiger partial charge in [-0.15, -0.1) is 0 Å². The highest BCUT2D eigenvalue weighted by Gasteiger charge is 2.17. The molecule has 0 saturated heterocycles. The van der Waals surface area contributed by atoms with Gasteiger partial charge in [-0.25, -0.2) is 4.52 Å². The third-order valence-electron chi connectivity index (χ3n) is 4.45. The van der Waals surface area contributed by atoms with Gasteiger partial charge in [-0.05, 0) is 42.5 Å². The summed E-state index contributed by atoms with van der Waals surface area (Å²) in [4.78, 5) is 12.8. The first kappa shape index (κ1) is 17.6. The van der Waals surface area contributed by atoms with E-state index >= 15 is 0 Å². The van der Waals surface area contributed by atoms with Gasteiger partial charge >= 0.3 is 0 Å². The molecule has 142 valence electrons. The lowest BCUT2D eigenvalue weighted by Gasteiger charge is -2.08. The van der Waals surface area contributed by atoms with Gasteiger partial charge in [-0.1, -0.05) is 0 Å². The van der Waals surface area contributed by atoms with Crippen molar-refractivity contribution in [2.75, 3.05) is 19.5 Å². The third kappa shape index (κ3) is 3.16. The Bertz CT molecular complexity index is 1160. The predicted octanol–water partition coefficient (Wildman–Crippen LogP) is 3.00. The minimum absolute atomic E-state index is 0.257. The molecule has 0 aliphatic carbocycles. The Hall–Kier alpha value is -3.81. The van der Waals surface area contributed by atoms with Crippen LogP contribution in [0.5, 0.6) is 11.5 Å². The fourth-order valence-corrected chi connectivity index (χ4v) is 3.02. The molecule has 4 rings (SSSR count). The number of carbonyl (C=O) groups excluding carboxylic acids is 1. The number of benzene rings is 1. The van der Waals surface area contributed by atoms with Crippen LogP contribution in [0.3, 0.4) is 0 Å². The number of anilines is 1. The molecule has 1 N–H and O–H groups in total. The number of amides is 1. The second kappa shape index (κ2) is 7.07. The molecule has 4 aromatic rings. The molecule has 0 spiro atoms. The maximum atomic E-state index is 12.8. The Balaban J connectivity index is 1.64. The van der Waals surface area contributed by atoms with Crippen molar-refractivity contribution in [2.45, 2.75) is 0 Å². The quantitative estimate of drug-likeness (QED) is 0.578. The van der Waals surface area contributed by atoms with Crippen LogP contribution in [-0.2, 0) is 7.05 Å². The van der Waals surface area contributed by atoms with Crippen molar-refractivity contribution in [1.82, 2.24) is 19.4 Å². The normalized spacial score (nSPS) is 10.8. The zero-order chi connectivity index (χ0) is 19.7. The lowest BCUT2D eigenvalue weighted by Crippen LogP contribution is -2.16. The minimum atomic E-state index is -0.257. The minimum Gasteiger partial charge on any atom is -0.497 e. The standard InChI is InChI=1S/C20H19N5O3/c1-24-18(20(26)22-13-7-9-25-14(10-13)6-8-21-25)12-17(23-24)16-11-15(27-2)4-5-19(16)28-3/h4-12H,1-3H3,(H,22,26). The number of aryl methyl sites for hydroxylation is 1.